The van der Waals surface area contributed by atoms with E-state index in [0.29, 0.717) is 27.4 Å². The average Bonchev–Trinajstić information content (AvgIpc) is 3.54. The van der Waals surface area contributed by atoms with E-state index < -0.39 is 5.25 Å². The molecule has 2 aromatic carbocycles. The van der Waals surface area contributed by atoms with Gasteiger partial charge in [-0.1, -0.05) is 35.5 Å². The molecule has 2 aliphatic rings. The first-order chi connectivity index (χ1) is 15.6. The summed E-state index contributed by atoms with van der Waals surface area (Å²) in [6, 6.07) is 12.9. The first-order valence-corrected chi connectivity index (χ1v) is 11.7. The van der Waals surface area contributed by atoms with Crippen LogP contribution in [-0.4, -0.2) is 45.8 Å². The molecule has 0 spiro atoms. The third kappa shape index (κ3) is 4.10. The van der Waals surface area contributed by atoms with E-state index in [4.69, 9.17) is 21.1 Å². The Bertz CT molecular complexity index is 1150. The Balaban J connectivity index is 1.38. The van der Waals surface area contributed by atoms with Crippen molar-refractivity contribution in [1.82, 2.24) is 14.8 Å². The maximum Gasteiger partial charge on any atom is 0.237 e. The highest BCUT2D eigenvalue weighted by Crippen LogP contribution is 2.36. The lowest BCUT2D eigenvalue weighted by atomic mass is 10.2. The molecule has 32 heavy (non-hydrogen) atoms. The number of anilines is 2. The molecule has 3 heterocycles. The normalized spacial score (nSPS) is 15.8. The second-order valence-corrected chi connectivity index (χ2v) is 9.30. The molecule has 1 saturated heterocycles. The number of benzene rings is 2. The van der Waals surface area contributed by atoms with Gasteiger partial charge in [-0.15, -0.1) is 10.2 Å². The molecule has 0 saturated carbocycles. The lowest BCUT2D eigenvalue weighted by Crippen LogP contribution is -2.24. The smallest absolute Gasteiger partial charge is 0.237 e. The predicted octanol–water partition coefficient (Wildman–Crippen LogP) is 4.37. The molecule has 0 bridgehead atoms. The van der Waals surface area contributed by atoms with E-state index in [1.54, 1.807) is 18.2 Å². The van der Waals surface area contributed by atoms with Crippen molar-refractivity contribution in [2.75, 3.05) is 30.1 Å². The van der Waals surface area contributed by atoms with Gasteiger partial charge < -0.3 is 19.7 Å². The Morgan fingerprint density at radius 2 is 1.91 bits per heavy atom. The molecular weight excluding hydrogens is 450 g/mol. The summed E-state index contributed by atoms with van der Waals surface area (Å²) in [5.74, 6) is 1.90. The van der Waals surface area contributed by atoms with E-state index in [-0.39, 0.29) is 12.7 Å². The number of halogens is 1. The average molecular weight is 472 g/mol. The van der Waals surface area contributed by atoms with Gasteiger partial charge in [-0.05, 0) is 44.0 Å². The molecular formula is C22H22ClN5O3S. The molecule has 1 amide bonds. The van der Waals surface area contributed by atoms with Crippen molar-refractivity contribution in [3.8, 4) is 17.2 Å². The maximum atomic E-state index is 12.9. The van der Waals surface area contributed by atoms with E-state index >= 15 is 0 Å². The topological polar surface area (TPSA) is 81.5 Å². The van der Waals surface area contributed by atoms with Gasteiger partial charge in [-0.25, -0.2) is 0 Å². The van der Waals surface area contributed by atoms with Crippen molar-refractivity contribution in [2.45, 2.75) is 30.2 Å². The summed E-state index contributed by atoms with van der Waals surface area (Å²) in [6.45, 7) is 3.88. The van der Waals surface area contributed by atoms with Crippen molar-refractivity contribution in [3.63, 3.8) is 0 Å². The van der Waals surface area contributed by atoms with Crippen LogP contribution in [0.4, 0.5) is 11.6 Å². The van der Waals surface area contributed by atoms with E-state index in [2.05, 4.69) is 20.4 Å². The summed E-state index contributed by atoms with van der Waals surface area (Å²) in [7, 11) is 0. The van der Waals surface area contributed by atoms with Gasteiger partial charge in [0.15, 0.2) is 16.7 Å². The highest BCUT2D eigenvalue weighted by molar-refractivity contribution is 8.00. The van der Waals surface area contributed by atoms with Crippen LogP contribution in [0, 0.1) is 0 Å². The Hall–Kier alpha value is -2.91. The number of thioether (sulfide) groups is 1. The first-order valence-electron chi connectivity index (χ1n) is 10.4. The number of hydrogen-bond acceptors (Lipinski definition) is 7. The van der Waals surface area contributed by atoms with Crippen LogP contribution >= 0.6 is 23.4 Å². The van der Waals surface area contributed by atoms with Crippen LogP contribution in [-0.2, 0) is 4.79 Å². The van der Waals surface area contributed by atoms with Crippen molar-refractivity contribution >= 4 is 40.9 Å². The number of fused-ring (bicyclic) bond motifs is 1. The van der Waals surface area contributed by atoms with Crippen molar-refractivity contribution in [1.29, 1.82) is 0 Å². The largest absolute Gasteiger partial charge is 0.454 e. The number of carbonyl (C=O) groups excluding carboxylic acids is 1. The van der Waals surface area contributed by atoms with Gasteiger partial charge >= 0.3 is 0 Å². The zero-order valence-electron chi connectivity index (χ0n) is 17.5. The molecule has 1 atom stereocenters. The van der Waals surface area contributed by atoms with Crippen molar-refractivity contribution in [2.24, 2.45) is 0 Å². The SMILES string of the molecule is C[C@H](Sc1nnc(N2CCCC2)n1-c1ccccc1Cl)C(=O)Nc1ccc2c(c1)OCO2. The molecule has 3 aromatic rings. The number of aromatic nitrogens is 3. The summed E-state index contributed by atoms with van der Waals surface area (Å²) in [5, 5.41) is 12.6. The highest BCUT2D eigenvalue weighted by atomic mass is 35.5. The molecule has 1 N–H and O–H groups in total. The fraction of sp³-hybridized carbons (Fsp3) is 0.318. The van der Waals surface area contributed by atoms with E-state index in [1.165, 1.54) is 11.8 Å². The highest BCUT2D eigenvalue weighted by Gasteiger charge is 2.26. The lowest BCUT2D eigenvalue weighted by molar-refractivity contribution is -0.115. The molecule has 10 heteroatoms. The summed E-state index contributed by atoms with van der Waals surface area (Å²) in [4.78, 5) is 15.1. The van der Waals surface area contributed by atoms with E-state index in [1.807, 2.05) is 35.8 Å². The quantitative estimate of drug-likeness (QED) is 0.534. The number of carbonyl (C=O) groups is 1. The maximum absolute atomic E-state index is 12.9. The second kappa shape index (κ2) is 8.91. The Morgan fingerprint density at radius 3 is 2.72 bits per heavy atom. The number of hydrogen-bond donors (Lipinski definition) is 1. The minimum absolute atomic E-state index is 0.148. The van der Waals surface area contributed by atoms with Gasteiger partial charge in [0.2, 0.25) is 18.6 Å². The monoisotopic (exact) mass is 471 g/mol. The van der Waals surface area contributed by atoms with Crippen molar-refractivity contribution < 1.29 is 14.3 Å². The third-order valence-electron chi connectivity index (χ3n) is 5.39. The molecule has 0 radical (unpaired) electrons. The van der Waals surface area contributed by atoms with Crippen LogP contribution in [0.3, 0.4) is 0 Å². The van der Waals surface area contributed by atoms with Crippen LogP contribution in [0.15, 0.2) is 47.6 Å². The van der Waals surface area contributed by atoms with Crippen LogP contribution < -0.4 is 19.7 Å². The third-order valence-corrected chi connectivity index (χ3v) is 6.75. The number of ether oxygens (including phenoxy) is 2. The van der Waals surface area contributed by atoms with Gasteiger partial charge in [0, 0.05) is 24.8 Å². The van der Waals surface area contributed by atoms with E-state index in [9.17, 15) is 4.79 Å². The molecule has 0 aliphatic carbocycles. The summed E-state index contributed by atoms with van der Waals surface area (Å²) >= 11 is 7.86. The van der Waals surface area contributed by atoms with Gasteiger partial charge in [0.1, 0.15) is 0 Å². The fourth-order valence-electron chi connectivity index (χ4n) is 3.73. The van der Waals surface area contributed by atoms with Crippen LogP contribution in [0.2, 0.25) is 5.02 Å². The molecule has 1 fully saturated rings. The Morgan fingerprint density at radius 1 is 1.12 bits per heavy atom. The number of amides is 1. The summed E-state index contributed by atoms with van der Waals surface area (Å²) in [5.41, 5.74) is 1.45. The molecule has 0 unspecified atom stereocenters. The zero-order chi connectivity index (χ0) is 22.1. The van der Waals surface area contributed by atoms with Crippen molar-refractivity contribution in [3.05, 3.63) is 47.5 Å². The summed E-state index contributed by atoms with van der Waals surface area (Å²) < 4.78 is 12.7. The minimum Gasteiger partial charge on any atom is -0.454 e. The number of nitrogens with zero attached hydrogens (tertiary/aromatic N) is 4. The van der Waals surface area contributed by atoms with Gasteiger partial charge in [-0.2, -0.15) is 0 Å². The lowest BCUT2D eigenvalue weighted by Gasteiger charge is -2.19. The molecule has 1 aromatic heterocycles. The molecule has 166 valence electrons. The standard InChI is InChI=1S/C22H22ClN5O3S/c1-14(20(29)24-15-8-9-18-19(12-15)31-13-30-18)32-22-26-25-21(27-10-4-5-11-27)28(22)17-7-3-2-6-16(17)23/h2-3,6-9,12,14H,4-5,10-11,13H2,1H3,(H,24,29)/t14-/m0/s1. The van der Waals surface area contributed by atoms with E-state index in [0.717, 1.165) is 37.6 Å². The predicted molar refractivity (Wildman–Crippen MR) is 124 cm³/mol. The van der Waals surface area contributed by atoms with Gasteiger partial charge in [-0.3, -0.25) is 9.36 Å². The number of para-hydroxylation sites is 1. The van der Waals surface area contributed by atoms with Gasteiger partial charge in [0.25, 0.3) is 0 Å². The molecule has 2 aliphatic heterocycles. The minimum atomic E-state index is -0.419. The van der Waals surface area contributed by atoms with Gasteiger partial charge in [0.05, 0.1) is 16.0 Å². The number of nitrogens with one attached hydrogen (secondary N) is 1. The second-order valence-electron chi connectivity index (χ2n) is 7.58. The molecule has 5 rings (SSSR count). The Labute approximate surface area is 194 Å². The molecule has 8 nitrogen and oxygen atoms in total. The zero-order valence-corrected chi connectivity index (χ0v) is 19.0. The summed E-state index contributed by atoms with van der Waals surface area (Å²) in [6.07, 6.45) is 2.23. The Kier molecular flexibility index (Phi) is 5.84. The van der Waals surface area contributed by atoms with Crippen LogP contribution in [0.25, 0.3) is 5.69 Å². The van der Waals surface area contributed by atoms with Crippen LogP contribution in [0.5, 0.6) is 11.5 Å². The first kappa shape index (κ1) is 21.0. The number of rotatable bonds is 6. The van der Waals surface area contributed by atoms with Crippen LogP contribution in [0.1, 0.15) is 19.8 Å². The fourth-order valence-corrected chi connectivity index (χ4v) is 4.81.